The lowest BCUT2D eigenvalue weighted by atomic mass is 9.91. The molecule has 2 heterocycles. The van der Waals surface area contributed by atoms with Crippen LogP contribution in [0.3, 0.4) is 0 Å². The van der Waals surface area contributed by atoms with Crippen LogP contribution in [-0.4, -0.2) is 16.3 Å². The van der Waals surface area contributed by atoms with E-state index in [9.17, 15) is 0 Å². The van der Waals surface area contributed by atoms with Crippen LogP contribution in [-0.2, 0) is 18.5 Å². The fourth-order valence-corrected chi connectivity index (χ4v) is 2.90. The predicted molar refractivity (Wildman–Crippen MR) is 77.0 cm³/mol. The van der Waals surface area contributed by atoms with E-state index in [-0.39, 0.29) is 5.41 Å². The van der Waals surface area contributed by atoms with Gasteiger partial charge in [-0.15, -0.1) is 11.3 Å². The number of aromatic nitrogens is 2. The van der Waals surface area contributed by atoms with Crippen LogP contribution in [0.2, 0.25) is 0 Å². The second-order valence-corrected chi connectivity index (χ2v) is 6.05. The van der Waals surface area contributed by atoms with Gasteiger partial charge in [0.25, 0.3) is 0 Å². The van der Waals surface area contributed by atoms with Gasteiger partial charge in [0.2, 0.25) is 0 Å². The third kappa shape index (κ3) is 3.00. The Morgan fingerprint density at radius 3 is 2.89 bits per heavy atom. The van der Waals surface area contributed by atoms with Gasteiger partial charge in [-0.1, -0.05) is 19.9 Å². The van der Waals surface area contributed by atoms with Crippen molar-refractivity contribution in [2.45, 2.75) is 39.3 Å². The van der Waals surface area contributed by atoms with E-state index in [2.05, 4.69) is 54.8 Å². The molecule has 0 amide bonds. The van der Waals surface area contributed by atoms with Crippen molar-refractivity contribution in [1.29, 1.82) is 0 Å². The van der Waals surface area contributed by atoms with Crippen LogP contribution in [0.1, 0.15) is 31.3 Å². The predicted octanol–water partition coefficient (Wildman–Crippen LogP) is 3.03. The Hall–Kier alpha value is -1.13. The quantitative estimate of drug-likeness (QED) is 0.868. The second-order valence-electron chi connectivity index (χ2n) is 5.10. The van der Waals surface area contributed by atoms with Gasteiger partial charge in [-0.2, -0.15) is 5.10 Å². The van der Waals surface area contributed by atoms with Gasteiger partial charge in [-0.25, -0.2) is 0 Å². The summed E-state index contributed by atoms with van der Waals surface area (Å²) >= 11 is 1.83. The fourth-order valence-electron chi connectivity index (χ4n) is 2.05. The summed E-state index contributed by atoms with van der Waals surface area (Å²) in [6.45, 7) is 9.46. The normalized spacial score (nSPS) is 11.9. The molecule has 18 heavy (non-hydrogen) atoms. The molecule has 0 fully saturated rings. The number of aryl methyl sites for hydroxylation is 1. The standard InChI is InChI=1S/C14H21N3S/c1-4-17-12(7-8-16-17)10-15-11-14(2,3)13-6-5-9-18-13/h5-9,15H,4,10-11H2,1-3H3. The maximum atomic E-state index is 4.28. The van der Waals surface area contributed by atoms with Crippen molar-refractivity contribution in [2.75, 3.05) is 6.54 Å². The summed E-state index contributed by atoms with van der Waals surface area (Å²) in [5.41, 5.74) is 1.44. The Morgan fingerprint density at radius 2 is 2.22 bits per heavy atom. The molecule has 1 N–H and O–H groups in total. The molecule has 0 aliphatic rings. The first-order valence-electron chi connectivity index (χ1n) is 6.39. The highest BCUT2D eigenvalue weighted by Gasteiger charge is 2.21. The van der Waals surface area contributed by atoms with Crippen molar-refractivity contribution >= 4 is 11.3 Å². The van der Waals surface area contributed by atoms with Crippen molar-refractivity contribution in [3.63, 3.8) is 0 Å². The topological polar surface area (TPSA) is 29.9 Å². The molecule has 0 saturated heterocycles. The molecule has 98 valence electrons. The summed E-state index contributed by atoms with van der Waals surface area (Å²) in [7, 11) is 0. The van der Waals surface area contributed by atoms with Gasteiger partial charge < -0.3 is 5.32 Å². The van der Waals surface area contributed by atoms with E-state index in [1.54, 1.807) is 0 Å². The lowest BCUT2D eigenvalue weighted by Gasteiger charge is -2.23. The molecule has 0 aliphatic heterocycles. The van der Waals surface area contributed by atoms with Crippen molar-refractivity contribution in [3.05, 3.63) is 40.3 Å². The average Bonchev–Trinajstić information content (AvgIpc) is 2.99. The number of hydrogen-bond donors (Lipinski definition) is 1. The molecule has 0 aromatic carbocycles. The molecule has 3 nitrogen and oxygen atoms in total. The molecule has 2 aromatic heterocycles. The van der Waals surface area contributed by atoms with Crippen LogP contribution >= 0.6 is 11.3 Å². The minimum absolute atomic E-state index is 0.186. The highest BCUT2D eigenvalue weighted by atomic mass is 32.1. The average molecular weight is 263 g/mol. The van der Waals surface area contributed by atoms with E-state index in [1.807, 2.05) is 22.2 Å². The minimum atomic E-state index is 0.186. The van der Waals surface area contributed by atoms with Crippen LogP contribution in [0.4, 0.5) is 0 Å². The van der Waals surface area contributed by atoms with E-state index < -0.39 is 0 Å². The molecular weight excluding hydrogens is 242 g/mol. The van der Waals surface area contributed by atoms with Crippen LogP contribution in [0, 0.1) is 0 Å². The van der Waals surface area contributed by atoms with Crippen LogP contribution in [0.15, 0.2) is 29.8 Å². The largest absolute Gasteiger partial charge is 0.310 e. The minimum Gasteiger partial charge on any atom is -0.310 e. The van der Waals surface area contributed by atoms with Gasteiger partial charge in [-0.3, -0.25) is 4.68 Å². The van der Waals surface area contributed by atoms with Crippen LogP contribution in [0.5, 0.6) is 0 Å². The van der Waals surface area contributed by atoms with Crippen LogP contribution in [0.25, 0.3) is 0 Å². The summed E-state index contributed by atoms with van der Waals surface area (Å²) in [5.74, 6) is 0. The van der Waals surface area contributed by atoms with E-state index >= 15 is 0 Å². The second kappa shape index (κ2) is 5.67. The van der Waals surface area contributed by atoms with Crippen molar-refractivity contribution in [3.8, 4) is 0 Å². The summed E-state index contributed by atoms with van der Waals surface area (Å²) in [6, 6.07) is 6.41. The highest BCUT2D eigenvalue weighted by Crippen LogP contribution is 2.26. The Balaban J connectivity index is 1.89. The van der Waals surface area contributed by atoms with Crippen molar-refractivity contribution in [1.82, 2.24) is 15.1 Å². The smallest absolute Gasteiger partial charge is 0.0521 e. The lowest BCUT2D eigenvalue weighted by Crippen LogP contribution is -2.32. The van der Waals surface area contributed by atoms with Gasteiger partial charge in [0.15, 0.2) is 0 Å². The van der Waals surface area contributed by atoms with Gasteiger partial charge in [0, 0.05) is 36.1 Å². The first-order chi connectivity index (χ1) is 8.63. The zero-order chi connectivity index (χ0) is 13.0. The molecule has 0 aliphatic carbocycles. The molecular formula is C14H21N3S. The van der Waals surface area contributed by atoms with Crippen molar-refractivity contribution < 1.29 is 0 Å². The highest BCUT2D eigenvalue weighted by molar-refractivity contribution is 7.10. The zero-order valence-corrected chi connectivity index (χ0v) is 12.1. The molecule has 0 bridgehead atoms. The van der Waals surface area contributed by atoms with Gasteiger partial charge in [0.05, 0.1) is 5.69 Å². The SMILES string of the molecule is CCn1nccc1CNCC(C)(C)c1cccs1. The number of nitrogens with one attached hydrogen (secondary N) is 1. The Kier molecular flexibility index (Phi) is 4.19. The molecule has 0 unspecified atom stereocenters. The molecule has 2 rings (SSSR count). The molecule has 0 spiro atoms. The van der Waals surface area contributed by atoms with Gasteiger partial charge in [0.1, 0.15) is 0 Å². The number of thiophene rings is 1. The summed E-state index contributed by atoms with van der Waals surface area (Å²) in [6.07, 6.45) is 1.87. The molecule has 0 radical (unpaired) electrons. The monoisotopic (exact) mass is 263 g/mol. The van der Waals surface area contributed by atoms with E-state index in [4.69, 9.17) is 0 Å². The molecule has 0 saturated carbocycles. The third-order valence-electron chi connectivity index (χ3n) is 3.17. The number of hydrogen-bond acceptors (Lipinski definition) is 3. The number of nitrogens with zero attached hydrogens (tertiary/aromatic N) is 2. The zero-order valence-electron chi connectivity index (χ0n) is 11.3. The van der Waals surface area contributed by atoms with Crippen molar-refractivity contribution in [2.24, 2.45) is 0 Å². The van der Waals surface area contributed by atoms with Gasteiger partial charge in [-0.05, 0) is 24.4 Å². The summed E-state index contributed by atoms with van der Waals surface area (Å²) in [4.78, 5) is 1.43. The summed E-state index contributed by atoms with van der Waals surface area (Å²) < 4.78 is 2.03. The Morgan fingerprint density at radius 1 is 1.39 bits per heavy atom. The maximum Gasteiger partial charge on any atom is 0.0521 e. The fraction of sp³-hybridized carbons (Fsp3) is 0.500. The molecule has 0 atom stereocenters. The van der Waals surface area contributed by atoms with Crippen LogP contribution < -0.4 is 5.32 Å². The third-order valence-corrected chi connectivity index (χ3v) is 4.40. The molecule has 4 heteroatoms. The Bertz CT molecular complexity index is 471. The number of rotatable bonds is 6. The molecule has 2 aromatic rings. The van der Waals surface area contributed by atoms with E-state index in [1.165, 1.54) is 10.6 Å². The lowest BCUT2D eigenvalue weighted by molar-refractivity contribution is 0.466. The van der Waals surface area contributed by atoms with E-state index in [0.717, 1.165) is 19.6 Å². The maximum absolute atomic E-state index is 4.28. The first-order valence-corrected chi connectivity index (χ1v) is 7.27. The summed E-state index contributed by atoms with van der Waals surface area (Å²) in [5, 5.41) is 9.96. The first kappa shape index (κ1) is 13.3. The Labute approximate surface area is 113 Å². The van der Waals surface area contributed by atoms with Gasteiger partial charge >= 0.3 is 0 Å². The van der Waals surface area contributed by atoms with E-state index in [0.29, 0.717) is 0 Å².